The van der Waals surface area contributed by atoms with Crippen LogP contribution in [0, 0.1) is 0 Å². The van der Waals surface area contributed by atoms with E-state index in [2.05, 4.69) is 10.6 Å². The normalized spacial score (nSPS) is 16.1. The number of ether oxygens (including phenoxy) is 1. The number of rotatable bonds is 7. The second kappa shape index (κ2) is 9.06. The van der Waals surface area contributed by atoms with Gasteiger partial charge in [-0.1, -0.05) is 30.9 Å². The predicted molar refractivity (Wildman–Crippen MR) is 98.0 cm³/mol. The third kappa shape index (κ3) is 4.86. The molecule has 1 aliphatic rings. The van der Waals surface area contributed by atoms with Gasteiger partial charge in [0.25, 0.3) is 5.91 Å². The number of likely N-dealkylation sites (N-methyl/N-ethyl adjacent to an activating group) is 1. The Bertz CT molecular complexity index is 616. The van der Waals surface area contributed by atoms with Gasteiger partial charge >= 0.3 is 0 Å². The monoisotopic (exact) mass is 367 g/mol. The standard InChI is InChI=1S/C18H26ClN3O3/c1-21-17(24)18(8-3-2-4-9-18)22-16(23)13-6-7-15(14(19)12-13)25-11-5-10-20/h6-7,12H,2-5,8-11,20H2,1H3,(H,21,24)(H,22,23). The van der Waals surface area contributed by atoms with E-state index in [1.165, 1.54) is 0 Å². The van der Waals surface area contributed by atoms with Crippen LogP contribution in [-0.4, -0.2) is 37.6 Å². The summed E-state index contributed by atoms with van der Waals surface area (Å²) in [5.41, 5.74) is 5.00. The van der Waals surface area contributed by atoms with E-state index < -0.39 is 5.54 Å². The molecule has 1 aromatic rings. The number of hydrogen-bond acceptors (Lipinski definition) is 4. The zero-order valence-electron chi connectivity index (χ0n) is 14.6. The van der Waals surface area contributed by atoms with Crippen LogP contribution in [0.1, 0.15) is 48.9 Å². The van der Waals surface area contributed by atoms with E-state index in [-0.39, 0.29) is 11.8 Å². The molecule has 138 valence electrons. The average molecular weight is 368 g/mol. The Kier molecular flexibility index (Phi) is 7.08. The molecular weight excluding hydrogens is 342 g/mol. The molecule has 0 aliphatic heterocycles. The van der Waals surface area contributed by atoms with Crippen molar-refractivity contribution < 1.29 is 14.3 Å². The first kappa shape index (κ1) is 19.5. The summed E-state index contributed by atoms with van der Waals surface area (Å²) < 4.78 is 5.53. The third-order valence-corrected chi connectivity index (χ3v) is 4.82. The van der Waals surface area contributed by atoms with Crippen LogP contribution in [0.15, 0.2) is 18.2 Å². The van der Waals surface area contributed by atoms with Crippen molar-refractivity contribution >= 4 is 23.4 Å². The quantitative estimate of drug-likeness (QED) is 0.644. The Balaban J connectivity index is 2.11. The highest BCUT2D eigenvalue weighted by molar-refractivity contribution is 6.32. The van der Waals surface area contributed by atoms with Crippen molar-refractivity contribution in [2.45, 2.75) is 44.1 Å². The summed E-state index contributed by atoms with van der Waals surface area (Å²) in [5, 5.41) is 5.97. The molecule has 2 rings (SSSR count). The van der Waals surface area contributed by atoms with Gasteiger partial charge in [-0.05, 0) is 44.0 Å². The van der Waals surface area contributed by atoms with Crippen molar-refractivity contribution in [1.82, 2.24) is 10.6 Å². The second-order valence-electron chi connectivity index (χ2n) is 6.31. The van der Waals surface area contributed by atoms with Crippen molar-refractivity contribution in [3.63, 3.8) is 0 Å². The van der Waals surface area contributed by atoms with Gasteiger partial charge in [-0.25, -0.2) is 0 Å². The molecule has 0 atom stereocenters. The van der Waals surface area contributed by atoms with Gasteiger partial charge in [0.1, 0.15) is 11.3 Å². The lowest BCUT2D eigenvalue weighted by Crippen LogP contribution is -2.59. The van der Waals surface area contributed by atoms with Crippen molar-refractivity contribution in [1.29, 1.82) is 0 Å². The van der Waals surface area contributed by atoms with Gasteiger partial charge in [0.2, 0.25) is 5.91 Å². The lowest BCUT2D eigenvalue weighted by Gasteiger charge is -2.36. The molecule has 0 aromatic heterocycles. The number of hydrogen-bond donors (Lipinski definition) is 3. The van der Waals surface area contributed by atoms with Gasteiger partial charge < -0.3 is 21.1 Å². The van der Waals surface area contributed by atoms with Crippen LogP contribution in [-0.2, 0) is 4.79 Å². The van der Waals surface area contributed by atoms with E-state index in [1.54, 1.807) is 25.2 Å². The molecule has 0 heterocycles. The van der Waals surface area contributed by atoms with E-state index >= 15 is 0 Å². The topological polar surface area (TPSA) is 93.5 Å². The molecule has 0 bridgehead atoms. The first-order chi connectivity index (χ1) is 12.0. The first-order valence-electron chi connectivity index (χ1n) is 8.69. The SMILES string of the molecule is CNC(=O)C1(NC(=O)c2ccc(OCCCN)c(Cl)c2)CCCCC1. The van der Waals surface area contributed by atoms with E-state index in [9.17, 15) is 9.59 Å². The molecule has 0 saturated heterocycles. The molecular formula is C18H26ClN3O3. The molecule has 4 N–H and O–H groups in total. The van der Waals surface area contributed by atoms with Gasteiger partial charge in [0.15, 0.2) is 0 Å². The lowest BCUT2D eigenvalue weighted by atomic mass is 9.80. The smallest absolute Gasteiger partial charge is 0.252 e. The van der Waals surface area contributed by atoms with Crippen molar-refractivity contribution in [2.24, 2.45) is 5.73 Å². The molecule has 0 radical (unpaired) electrons. The van der Waals surface area contributed by atoms with Crippen LogP contribution in [0.2, 0.25) is 5.02 Å². The minimum atomic E-state index is -0.840. The van der Waals surface area contributed by atoms with Crippen molar-refractivity contribution in [3.8, 4) is 5.75 Å². The summed E-state index contributed by atoms with van der Waals surface area (Å²) in [7, 11) is 1.59. The Labute approximate surface area is 153 Å². The number of nitrogens with two attached hydrogens (primary N) is 1. The molecule has 2 amide bonds. The number of nitrogens with one attached hydrogen (secondary N) is 2. The number of carbonyl (C=O) groups is 2. The van der Waals surface area contributed by atoms with Gasteiger partial charge in [0.05, 0.1) is 11.6 Å². The van der Waals surface area contributed by atoms with Crippen LogP contribution in [0.4, 0.5) is 0 Å². The highest BCUT2D eigenvalue weighted by atomic mass is 35.5. The fourth-order valence-electron chi connectivity index (χ4n) is 3.12. The number of amides is 2. The van der Waals surface area contributed by atoms with Gasteiger partial charge in [-0.3, -0.25) is 9.59 Å². The fraction of sp³-hybridized carbons (Fsp3) is 0.556. The van der Waals surface area contributed by atoms with Gasteiger partial charge in [0, 0.05) is 12.6 Å². The molecule has 0 unspecified atom stereocenters. The number of benzene rings is 1. The van der Waals surface area contributed by atoms with E-state index in [0.29, 0.717) is 42.3 Å². The molecule has 0 spiro atoms. The summed E-state index contributed by atoms with van der Waals surface area (Å²) in [4.78, 5) is 25.0. The lowest BCUT2D eigenvalue weighted by molar-refractivity contribution is -0.128. The summed E-state index contributed by atoms with van der Waals surface area (Å²) in [6.45, 7) is 1.02. The van der Waals surface area contributed by atoms with Crippen LogP contribution in [0.3, 0.4) is 0 Å². The van der Waals surface area contributed by atoms with Gasteiger partial charge in [-0.15, -0.1) is 0 Å². The maximum Gasteiger partial charge on any atom is 0.252 e. The highest BCUT2D eigenvalue weighted by Crippen LogP contribution is 2.30. The number of halogens is 1. The summed E-state index contributed by atoms with van der Waals surface area (Å²) in [6, 6.07) is 4.88. The summed E-state index contributed by atoms with van der Waals surface area (Å²) in [5.74, 6) is 0.0691. The fourth-order valence-corrected chi connectivity index (χ4v) is 3.35. The number of carbonyl (C=O) groups excluding carboxylic acids is 2. The van der Waals surface area contributed by atoms with Crippen LogP contribution in [0.5, 0.6) is 5.75 Å². The molecule has 1 fully saturated rings. The second-order valence-corrected chi connectivity index (χ2v) is 6.72. The molecule has 25 heavy (non-hydrogen) atoms. The largest absolute Gasteiger partial charge is 0.492 e. The van der Waals surface area contributed by atoms with E-state index in [1.807, 2.05) is 0 Å². The van der Waals surface area contributed by atoms with Crippen LogP contribution >= 0.6 is 11.6 Å². The van der Waals surface area contributed by atoms with E-state index in [0.717, 1.165) is 25.7 Å². The first-order valence-corrected chi connectivity index (χ1v) is 9.07. The average Bonchev–Trinajstić information content (AvgIpc) is 2.63. The summed E-state index contributed by atoms with van der Waals surface area (Å²) >= 11 is 6.20. The Morgan fingerprint density at radius 1 is 1.28 bits per heavy atom. The minimum Gasteiger partial charge on any atom is -0.492 e. The van der Waals surface area contributed by atoms with Crippen molar-refractivity contribution in [3.05, 3.63) is 28.8 Å². The Morgan fingerprint density at radius 3 is 2.60 bits per heavy atom. The summed E-state index contributed by atoms with van der Waals surface area (Å²) in [6.07, 6.45) is 4.94. The molecule has 1 saturated carbocycles. The van der Waals surface area contributed by atoms with Gasteiger partial charge in [-0.2, -0.15) is 0 Å². The zero-order valence-corrected chi connectivity index (χ0v) is 15.3. The highest BCUT2D eigenvalue weighted by Gasteiger charge is 2.40. The van der Waals surface area contributed by atoms with Crippen LogP contribution < -0.4 is 21.1 Å². The van der Waals surface area contributed by atoms with Crippen molar-refractivity contribution in [2.75, 3.05) is 20.2 Å². The van der Waals surface area contributed by atoms with E-state index in [4.69, 9.17) is 22.1 Å². The predicted octanol–water partition coefficient (Wildman–Crippen LogP) is 2.25. The maximum absolute atomic E-state index is 12.7. The Morgan fingerprint density at radius 2 is 2.00 bits per heavy atom. The minimum absolute atomic E-state index is 0.145. The third-order valence-electron chi connectivity index (χ3n) is 4.52. The zero-order chi connectivity index (χ0) is 18.3. The molecule has 1 aliphatic carbocycles. The molecule has 6 nitrogen and oxygen atoms in total. The molecule has 1 aromatic carbocycles. The Hall–Kier alpha value is -1.79. The van der Waals surface area contributed by atoms with Crippen LogP contribution in [0.25, 0.3) is 0 Å². The maximum atomic E-state index is 12.7. The molecule has 7 heteroatoms.